The van der Waals surface area contributed by atoms with Crippen LogP contribution in [0.4, 0.5) is 0 Å². The van der Waals surface area contributed by atoms with Gasteiger partial charge in [0.15, 0.2) is 5.78 Å². The number of hydrogen-bond acceptors (Lipinski definition) is 4. The average molecular weight is 471 g/mol. The van der Waals surface area contributed by atoms with Gasteiger partial charge in [-0.05, 0) is 67.5 Å². The second-order valence-electron chi connectivity index (χ2n) is 8.65. The van der Waals surface area contributed by atoms with E-state index in [9.17, 15) is 19.2 Å². The number of benzene rings is 2. The van der Waals surface area contributed by atoms with Gasteiger partial charge in [0, 0.05) is 10.6 Å². The van der Waals surface area contributed by atoms with E-state index >= 15 is 0 Å². The van der Waals surface area contributed by atoms with Gasteiger partial charge in [-0.1, -0.05) is 35.3 Å². The molecule has 2 aromatic carbocycles. The number of carbonyl (C=O) groups excluding carboxylic acids is 4. The number of carbonyl (C=O) groups is 4. The van der Waals surface area contributed by atoms with E-state index in [2.05, 4.69) is 0 Å². The predicted octanol–water partition coefficient (Wildman–Crippen LogP) is 4.26. The molecule has 2 aliphatic carbocycles. The van der Waals surface area contributed by atoms with Crippen molar-refractivity contribution in [1.82, 2.24) is 10.0 Å². The van der Waals surface area contributed by atoms with Crippen LogP contribution in [0.2, 0.25) is 10.0 Å². The van der Waals surface area contributed by atoms with E-state index in [0.717, 1.165) is 29.3 Å². The van der Waals surface area contributed by atoms with Crippen molar-refractivity contribution in [2.45, 2.75) is 19.3 Å². The molecule has 6 nitrogen and oxygen atoms in total. The molecule has 32 heavy (non-hydrogen) atoms. The number of ketones is 1. The average Bonchev–Trinajstić information content (AvgIpc) is 3.46. The molecule has 1 aliphatic heterocycles. The Kier molecular flexibility index (Phi) is 5.30. The Hall–Kier alpha value is -2.70. The molecule has 0 aromatic heterocycles. The lowest BCUT2D eigenvalue weighted by atomic mass is 9.81. The van der Waals surface area contributed by atoms with Crippen molar-refractivity contribution in [2.75, 3.05) is 6.54 Å². The molecule has 8 heteroatoms. The highest BCUT2D eigenvalue weighted by Crippen LogP contribution is 2.56. The monoisotopic (exact) mass is 470 g/mol. The third-order valence-corrected chi connectivity index (χ3v) is 7.53. The summed E-state index contributed by atoms with van der Waals surface area (Å²) in [6.07, 6.45) is 2.71. The van der Waals surface area contributed by atoms with Gasteiger partial charge in [0.1, 0.15) is 6.54 Å². The zero-order chi connectivity index (χ0) is 22.6. The molecule has 2 bridgehead atoms. The van der Waals surface area contributed by atoms with Crippen LogP contribution in [-0.2, 0) is 9.59 Å². The molecule has 164 valence electrons. The Morgan fingerprint density at radius 2 is 1.50 bits per heavy atom. The van der Waals surface area contributed by atoms with Crippen molar-refractivity contribution in [1.29, 1.82) is 0 Å². The van der Waals surface area contributed by atoms with Crippen molar-refractivity contribution in [2.24, 2.45) is 23.7 Å². The van der Waals surface area contributed by atoms with Crippen LogP contribution in [0, 0.1) is 23.7 Å². The standard InChI is InChI=1S/C24H20Cl2N2O4/c25-16-9-7-13(8-10-16)19(29)12-27(22(30)17-3-1-2-4-18(17)26)28-23(31)20-14-5-6-15(11-14)21(20)24(28)32/h1-4,7-10,14-15,20-21H,5-6,11-12H2/t14-,15-,20+,21+/m0/s1. The number of rotatable bonds is 5. The van der Waals surface area contributed by atoms with Crippen LogP contribution in [-0.4, -0.2) is 40.1 Å². The van der Waals surface area contributed by atoms with Gasteiger partial charge in [0.2, 0.25) is 0 Å². The molecule has 0 unspecified atom stereocenters. The van der Waals surface area contributed by atoms with Gasteiger partial charge in [0.25, 0.3) is 17.7 Å². The van der Waals surface area contributed by atoms with E-state index in [1.165, 1.54) is 6.07 Å². The summed E-state index contributed by atoms with van der Waals surface area (Å²) in [5, 5.41) is 2.54. The van der Waals surface area contributed by atoms with Gasteiger partial charge in [0.05, 0.1) is 22.4 Å². The summed E-state index contributed by atoms with van der Waals surface area (Å²) >= 11 is 12.1. The number of hydrogen-bond donors (Lipinski definition) is 0. The van der Waals surface area contributed by atoms with Crippen LogP contribution in [0.25, 0.3) is 0 Å². The zero-order valence-electron chi connectivity index (χ0n) is 17.0. The largest absolute Gasteiger partial charge is 0.292 e. The molecule has 5 rings (SSSR count). The predicted molar refractivity (Wildman–Crippen MR) is 118 cm³/mol. The molecular formula is C24H20Cl2N2O4. The van der Waals surface area contributed by atoms with E-state index in [4.69, 9.17) is 23.2 Å². The fourth-order valence-electron chi connectivity index (χ4n) is 5.50. The minimum absolute atomic E-state index is 0.124. The molecular weight excluding hydrogens is 451 g/mol. The van der Waals surface area contributed by atoms with E-state index < -0.39 is 41.9 Å². The minimum Gasteiger partial charge on any atom is -0.292 e. The molecule has 3 fully saturated rings. The van der Waals surface area contributed by atoms with Gasteiger partial charge in [-0.15, -0.1) is 0 Å². The molecule has 0 N–H and O–H groups in total. The first-order valence-corrected chi connectivity index (χ1v) is 11.4. The quantitative estimate of drug-likeness (QED) is 0.483. The van der Waals surface area contributed by atoms with Crippen LogP contribution in [0.5, 0.6) is 0 Å². The summed E-state index contributed by atoms with van der Waals surface area (Å²) in [5.74, 6) is -2.35. The summed E-state index contributed by atoms with van der Waals surface area (Å²) in [6, 6.07) is 12.6. The number of fused-ring (bicyclic) bond motifs is 5. The van der Waals surface area contributed by atoms with Crippen LogP contribution in [0.15, 0.2) is 48.5 Å². The lowest BCUT2D eigenvalue weighted by molar-refractivity contribution is -0.154. The first kappa shape index (κ1) is 21.2. The third-order valence-electron chi connectivity index (χ3n) is 6.94. The highest BCUT2D eigenvalue weighted by atomic mass is 35.5. The van der Waals surface area contributed by atoms with Gasteiger partial charge in [-0.25, -0.2) is 5.01 Å². The molecule has 3 amide bonds. The Morgan fingerprint density at radius 3 is 2.09 bits per heavy atom. The van der Waals surface area contributed by atoms with E-state index in [1.807, 2.05) is 0 Å². The maximum atomic E-state index is 13.5. The fourth-order valence-corrected chi connectivity index (χ4v) is 5.84. The molecule has 0 radical (unpaired) electrons. The fraction of sp³-hybridized carbons (Fsp3) is 0.333. The second-order valence-corrected chi connectivity index (χ2v) is 9.49. The number of halogens is 2. The highest BCUT2D eigenvalue weighted by molar-refractivity contribution is 6.34. The van der Waals surface area contributed by atoms with Crippen molar-refractivity contribution in [3.8, 4) is 0 Å². The topological polar surface area (TPSA) is 74.8 Å². The number of hydrazine groups is 1. The minimum atomic E-state index is -0.660. The smallest absolute Gasteiger partial charge is 0.274 e. The summed E-state index contributed by atoms with van der Waals surface area (Å²) < 4.78 is 0. The SMILES string of the molecule is O=C(CN(C(=O)c1ccccc1Cl)N1C(=O)[C@@H]2[C@H]3CC[C@@H](C3)[C@H]2C1=O)c1ccc(Cl)cc1. The lowest BCUT2D eigenvalue weighted by Crippen LogP contribution is -2.52. The molecule has 3 aliphatic rings. The summed E-state index contributed by atoms with van der Waals surface area (Å²) in [4.78, 5) is 53.2. The Morgan fingerprint density at radius 1 is 0.906 bits per heavy atom. The van der Waals surface area contributed by atoms with Crippen LogP contribution < -0.4 is 0 Å². The lowest BCUT2D eigenvalue weighted by Gasteiger charge is -2.31. The summed E-state index contributed by atoms with van der Waals surface area (Å²) in [5.41, 5.74) is 0.449. The van der Waals surface area contributed by atoms with Crippen molar-refractivity contribution >= 4 is 46.7 Å². The van der Waals surface area contributed by atoms with Crippen LogP contribution in [0.3, 0.4) is 0 Å². The normalized spacial score (nSPS) is 25.9. The first-order chi connectivity index (χ1) is 15.4. The van der Waals surface area contributed by atoms with Gasteiger partial charge >= 0.3 is 0 Å². The molecule has 1 saturated heterocycles. The summed E-state index contributed by atoms with van der Waals surface area (Å²) in [6.45, 7) is -0.460. The van der Waals surface area contributed by atoms with Gasteiger partial charge in [-0.2, -0.15) is 5.01 Å². The maximum absolute atomic E-state index is 13.5. The highest BCUT2D eigenvalue weighted by Gasteiger charge is 2.62. The molecule has 0 spiro atoms. The maximum Gasteiger partial charge on any atom is 0.274 e. The van der Waals surface area contributed by atoms with Crippen molar-refractivity contribution < 1.29 is 19.2 Å². The Labute approximate surface area is 195 Å². The van der Waals surface area contributed by atoms with Crippen LogP contribution >= 0.6 is 23.2 Å². The number of Topliss-reactive ketones (excluding diaryl/α,β-unsaturated/α-hetero) is 1. The number of amides is 3. The Balaban J connectivity index is 1.51. The molecule has 1 heterocycles. The molecule has 2 aromatic rings. The van der Waals surface area contributed by atoms with Gasteiger partial charge < -0.3 is 0 Å². The molecule has 2 saturated carbocycles. The third kappa shape index (κ3) is 3.33. The van der Waals surface area contributed by atoms with Crippen molar-refractivity contribution in [3.05, 3.63) is 69.7 Å². The zero-order valence-corrected chi connectivity index (χ0v) is 18.6. The summed E-state index contributed by atoms with van der Waals surface area (Å²) in [7, 11) is 0. The van der Waals surface area contributed by atoms with Crippen molar-refractivity contribution in [3.63, 3.8) is 0 Å². The van der Waals surface area contributed by atoms with Crippen LogP contribution in [0.1, 0.15) is 40.0 Å². The molecule has 4 atom stereocenters. The van der Waals surface area contributed by atoms with Gasteiger partial charge in [-0.3, -0.25) is 19.2 Å². The van der Waals surface area contributed by atoms with E-state index in [0.29, 0.717) is 10.6 Å². The number of nitrogens with zero attached hydrogens (tertiary/aromatic N) is 2. The van der Waals surface area contributed by atoms with E-state index in [-0.39, 0.29) is 22.4 Å². The first-order valence-electron chi connectivity index (χ1n) is 10.6. The Bertz CT molecular complexity index is 1110. The second kappa shape index (κ2) is 8.01. The number of imide groups is 1. The van der Waals surface area contributed by atoms with E-state index in [1.54, 1.807) is 42.5 Å².